The van der Waals surface area contributed by atoms with Gasteiger partial charge in [-0.1, -0.05) is 91.0 Å². The molecule has 0 fully saturated rings. The highest BCUT2D eigenvalue weighted by atomic mass is 16.6. The van der Waals surface area contributed by atoms with Crippen molar-refractivity contribution in [1.82, 2.24) is 0 Å². The highest BCUT2D eigenvalue weighted by Crippen LogP contribution is 2.23. The van der Waals surface area contributed by atoms with Crippen LogP contribution in [0.25, 0.3) is 0 Å². The fraction of sp³-hybridized carbons (Fsp3) is 0.0690. The summed E-state index contributed by atoms with van der Waals surface area (Å²) in [5.41, 5.74) is 2.13. The summed E-state index contributed by atoms with van der Waals surface area (Å²) in [7, 11) is 0. The zero-order valence-electron chi connectivity index (χ0n) is 18.3. The molecule has 1 unspecified atom stereocenters. The lowest BCUT2D eigenvalue weighted by molar-refractivity contribution is -0.149. The van der Waals surface area contributed by atoms with Gasteiger partial charge in [-0.25, -0.2) is 4.79 Å². The first-order valence-electron chi connectivity index (χ1n) is 10.8. The van der Waals surface area contributed by atoms with E-state index < -0.39 is 12.1 Å². The molecule has 4 rings (SSSR count). The molecule has 0 aliphatic heterocycles. The average molecular weight is 450 g/mol. The van der Waals surface area contributed by atoms with Gasteiger partial charge >= 0.3 is 5.97 Å². The number of carbonyl (C=O) groups is 3. The standard InChI is InChI=1S/C29H22O5/c30-26(20-33-25-18-16-23(17-19-25)27(31)21-10-4-1-5-11-21)34-29(24-14-8-3-9-15-24)28(32)22-12-6-2-7-13-22/h1-19,29H,20H2. The Labute approximate surface area is 197 Å². The van der Waals surface area contributed by atoms with Gasteiger partial charge < -0.3 is 9.47 Å². The maximum atomic E-state index is 13.0. The summed E-state index contributed by atoms with van der Waals surface area (Å²) in [5.74, 6) is -0.685. The lowest BCUT2D eigenvalue weighted by atomic mass is 10.00. The molecule has 5 heteroatoms. The summed E-state index contributed by atoms with van der Waals surface area (Å²) in [5, 5.41) is 0. The van der Waals surface area contributed by atoms with Crippen molar-refractivity contribution in [2.24, 2.45) is 0 Å². The summed E-state index contributed by atoms with van der Waals surface area (Å²) in [6.45, 7) is -0.378. The van der Waals surface area contributed by atoms with Crippen LogP contribution >= 0.6 is 0 Å². The molecule has 0 aromatic heterocycles. The number of rotatable bonds is 9. The van der Waals surface area contributed by atoms with Crippen molar-refractivity contribution >= 4 is 17.5 Å². The number of hydrogen-bond acceptors (Lipinski definition) is 5. The minimum atomic E-state index is -1.08. The third-order valence-corrected chi connectivity index (χ3v) is 5.16. The molecule has 0 bridgehead atoms. The van der Waals surface area contributed by atoms with Crippen LogP contribution in [-0.4, -0.2) is 24.1 Å². The topological polar surface area (TPSA) is 69.7 Å². The molecule has 1 atom stereocenters. The number of hydrogen-bond donors (Lipinski definition) is 0. The molecule has 4 aromatic rings. The highest BCUT2D eigenvalue weighted by Gasteiger charge is 2.26. The van der Waals surface area contributed by atoms with Crippen LogP contribution in [0, 0.1) is 0 Å². The number of Topliss-reactive ketones (excluding diaryl/α,β-unsaturated/α-hetero) is 1. The van der Waals surface area contributed by atoms with E-state index in [-0.39, 0.29) is 18.2 Å². The van der Waals surface area contributed by atoms with E-state index in [2.05, 4.69) is 0 Å². The van der Waals surface area contributed by atoms with Gasteiger partial charge in [-0.3, -0.25) is 9.59 Å². The maximum absolute atomic E-state index is 13.0. The van der Waals surface area contributed by atoms with E-state index in [1.165, 1.54) is 0 Å². The highest BCUT2D eigenvalue weighted by molar-refractivity contribution is 6.09. The van der Waals surface area contributed by atoms with Crippen molar-refractivity contribution in [3.63, 3.8) is 0 Å². The SMILES string of the molecule is O=C(COc1ccc(C(=O)c2ccccc2)cc1)OC(C(=O)c1ccccc1)c1ccccc1. The molecular formula is C29H22O5. The second-order valence-corrected chi connectivity index (χ2v) is 7.52. The molecule has 0 saturated heterocycles. The molecule has 168 valence electrons. The van der Waals surface area contributed by atoms with Crippen LogP contribution in [-0.2, 0) is 9.53 Å². The monoisotopic (exact) mass is 450 g/mol. The van der Waals surface area contributed by atoms with E-state index in [9.17, 15) is 14.4 Å². The Hall–Kier alpha value is -4.51. The van der Waals surface area contributed by atoms with Gasteiger partial charge in [0.25, 0.3) is 0 Å². The lowest BCUT2D eigenvalue weighted by Gasteiger charge is -2.17. The van der Waals surface area contributed by atoms with Crippen molar-refractivity contribution < 1.29 is 23.9 Å². The fourth-order valence-electron chi connectivity index (χ4n) is 3.42. The van der Waals surface area contributed by atoms with E-state index in [1.54, 1.807) is 84.9 Å². The van der Waals surface area contributed by atoms with Gasteiger partial charge in [0.05, 0.1) is 0 Å². The molecule has 0 spiro atoms. The summed E-state index contributed by atoms with van der Waals surface area (Å²) in [6, 6.07) is 33.0. The van der Waals surface area contributed by atoms with Gasteiger partial charge in [0, 0.05) is 22.3 Å². The van der Waals surface area contributed by atoms with Crippen molar-refractivity contribution in [3.05, 3.63) is 138 Å². The van der Waals surface area contributed by atoms with E-state index in [0.29, 0.717) is 28.0 Å². The van der Waals surface area contributed by atoms with Crippen LogP contribution in [0.2, 0.25) is 0 Å². The number of benzene rings is 4. The first-order chi connectivity index (χ1) is 16.6. The first kappa shape index (κ1) is 22.7. The fourth-order valence-corrected chi connectivity index (χ4v) is 3.42. The molecule has 34 heavy (non-hydrogen) atoms. The molecule has 0 N–H and O–H groups in total. The normalized spacial score (nSPS) is 11.3. The van der Waals surface area contributed by atoms with Gasteiger partial charge in [0.2, 0.25) is 5.78 Å². The predicted octanol–water partition coefficient (Wildman–Crippen LogP) is 5.46. The predicted molar refractivity (Wildman–Crippen MR) is 128 cm³/mol. The second kappa shape index (κ2) is 10.9. The Morgan fingerprint density at radius 3 is 1.68 bits per heavy atom. The summed E-state index contributed by atoms with van der Waals surface area (Å²) < 4.78 is 11.1. The number of ketones is 2. The second-order valence-electron chi connectivity index (χ2n) is 7.52. The van der Waals surface area contributed by atoms with Gasteiger partial charge in [-0.2, -0.15) is 0 Å². The third kappa shape index (κ3) is 5.64. The third-order valence-electron chi connectivity index (χ3n) is 5.16. The molecule has 0 heterocycles. The minimum Gasteiger partial charge on any atom is -0.482 e. The van der Waals surface area contributed by atoms with Crippen LogP contribution < -0.4 is 4.74 Å². The van der Waals surface area contributed by atoms with E-state index >= 15 is 0 Å². The van der Waals surface area contributed by atoms with E-state index in [0.717, 1.165) is 0 Å². The van der Waals surface area contributed by atoms with Gasteiger partial charge in [0.15, 0.2) is 18.5 Å². The Morgan fingerprint density at radius 1 is 0.588 bits per heavy atom. The molecule has 0 saturated carbocycles. The molecule has 0 aliphatic rings. The van der Waals surface area contributed by atoms with Crippen molar-refractivity contribution in [2.75, 3.05) is 6.61 Å². The van der Waals surface area contributed by atoms with Gasteiger partial charge in [0.1, 0.15) is 5.75 Å². The first-order valence-corrected chi connectivity index (χ1v) is 10.8. The lowest BCUT2D eigenvalue weighted by Crippen LogP contribution is -2.23. The largest absolute Gasteiger partial charge is 0.482 e. The Kier molecular flexibility index (Phi) is 7.25. The zero-order chi connectivity index (χ0) is 23.8. The maximum Gasteiger partial charge on any atom is 0.345 e. The number of carbonyl (C=O) groups excluding carboxylic acids is 3. The summed E-state index contributed by atoms with van der Waals surface area (Å²) in [6.07, 6.45) is -1.08. The average Bonchev–Trinajstić information content (AvgIpc) is 2.91. The van der Waals surface area contributed by atoms with Gasteiger partial charge in [-0.05, 0) is 24.3 Å². The summed E-state index contributed by atoms with van der Waals surface area (Å²) in [4.78, 5) is 38.1. The van der Waals surface area contributed by atoms with Crippen LogP contribution in [0.1, 0.15) is 37.9 Å². The van der Waals surface area contributed by atoms with Crippen LogP contribution in [0.15, 0.2) is 115 Å². The Morgan fingerprint density at radius 2 is 1.09 bits per heavy atom. The molecule has 0 amide bonds. The molecule has 0 aliphatic carbocycles. The molecule has 5 nitrogen and oxygen atoms in total. The van der Waals surface area contributed by atoms with E-state index in [4.69, 9.17) is 9.47 Å². The molecular weight excluding hydrogens is 428 g/mol. The van der Waals surface area contributed by atoms with Crippen LogP contribution in [0.3, 0.4) is 0 Å². The van der Waals surface area contributed by atoms with Crippen LogP contribution in [0.5, 0.6) is 5.75 Å². The number of ether oxygens (including phenoxy) is 2. The quantitative estimate of drug-likeness (QED) is 0.250. The number of esters is 1. The van der Waals surface area contributed by atoms with E-state index in [1.807, 2.05) is 30.3 Å². The summed E-state index contributed by atoms with van der Waals surface area (Å²) >= 11 is 0. The smallest absolute Gasteiger partial charge is 0.345 e. The van der Waals surface area contributed by atoms with Crippen LogP contribution in [0.4, 0.5) is 0 Å². The zero-order valence-corrected chi connectivity index (χ0v) is 18.3. The van der Waals surface area contributed by atoms with Crippen molar-refractivity contribution in [3.8, 4) is 5.75 Å². The van der Waals surface area contributed by atoms with Crippen molar-refractivity contribution in [1.29, 1.82) is 0 Å². The minimum absolute atomic E-state index is 0.100. The van der Waals surface area contributed by atoms with Crippen molar-refractivity contribution in [2.45, 2.75) is 6.10 Å². The molecule has 4 aromatic carbocycles. The molecule has 0 radical (unpaired) electrons. The Bertz CT molecular complexity index is 1250. The van der Waals surface area contributed by atoms with Gasteiger partial charge in [-0.15, -0.1) is 0 Å². The Balaban J connectivity index is 1.40.